The quantitative estimate of drug-likeness (QED) is 0.809. The van der Waals surface area contributed by atoms with Crippen LogP contribution in [0.1, 0.15) is 37.7 Å². The van der Waals surface area contributed by atoms with Crippen LogP contribution >= 0.6 is 0 Å². The number of hydrogen-bond donors (Lipinski definition) is 1. The molecule has 7 heteroatoms. The van der Waals surface area contributed by atoms with E-state index in [1.165, 1.54) is 17.0 Å². The minimum Gasteiger partial charge on any atom is -0.481 e. The fraction of sp³-hybridized carbons (Fsp3) is 0.571. The van der Waals surface area contributed by atoms with Crippen molar-refractivity contribution in [1.29, 1.82) is 0 Å². The zero-order chi connectivity index (χ0) is 20.3. The maximum absolute atomic E-state index is 13.5. The fourth-order valence-corrected chi connectivity index (χ4v) is 4.26. The number of carboxylic acid groups (broad SMARTS) is 1. The van der Waals surface area contributed by atoms with E-state index in [-0.39, 0.29) is 24.2 Å². The van der Waals surface area contributed by atoms with Crippen LogP contribution in [0.15, 0.2) is 24.3 Å². The minimum atomic E-state index is -0.816. The maximum Gasteiger partial charge on any atom is 0.306 e. The van der Waals surface area contributed by atoms with Gasteiger partial charge in [0.1, 0.15) is 5.82 Å². The number of amides is 2. The molecule has 0 spiro atoms. The highest BCUT2D eigenvalue weighted by Gasteiger charge is 2.46. The first-order valence-electron chi connectivity index (χ1n) is 9.81. The van der Waals surface area contributed by atoms with Crippen molar-refractivity contribution in [2.75, 3.05) is 26.7 Å². The highest BCUT2D eigenvalue weighted by molar-refractivity contribution is 5.88. The summed E-state index contributed by atoms with van der Waals surface area (Å²) in [5.74, 6) is -1.75. The van der Waals surface area contributed by atoms with E-state index in [1.54, 1.807) is 18.0 Å². The van der Waals surface area contributed by atoms with Gasteiger partial charge in [-0.25, -0.2) is 4.39 Å². The summed E-state index contributed by atoms with van der Waals surface area (Å²) in [7, 11) is 1.63. The SMILES string of the molecule is CN(CC(=O)N1CCC(C(=O)O)CC1)C(=O)C1(Cc2cccc(F)c2)CCC1. The van der Waals surface area contributed by atoms with Crippen LogP contribution in [-0.2, 0) is 20.8 Å². The molecule has 1 aliphatic heterocycles. The summed E-state index contributed by atoms with van der Waals surface area (Å²) >= 11 is 0. The number of carbonyl (C=O) groups excluding carboxylic acids is 2. The van der Waals surface area contributed by atoms with Crippen molar-refractivity contribution < 1.29 is 23.9 Å². The smallest absolute Gasteiger partial charge is 0.306 e. The lowest BCUT2D eigenvalue weighted by Crippen LogP contribution is -2.51. The Labute approximate surface area is 164 Å². The van der Waals surface area contributed by atoms with E-state index in [9.17, 15) is 18.8 Å². The first-order chi connectivity index (χ1) is 13.3. The number of carbonyl (C=O) groups is 3. The van der Waals surface area contributed by atoms with E-state index < -0.39 is 17.3 Å². The number of benzene rings is 1. The predicted octanol–water partition coefficient (Wildman–Crippen LogP) is 2.32. The number of hydrogen-bond acceptors (Lipinski definition) is 3. The Morgan fingerprint density at radius 3 is 2.46 bits per heavy atom. The molecule has 28 heavy (non-hydrogen) atoms. The first-order valence-corrected chi connectivity index (χ1v) is 9.81. The lowest BCUT2D eigenvalue weighted by Gasteiger charge is -2.43. The number of aliphatic carboxylic acids is 1. The first kappa shape index (κ1) is 20.3. The molecule has 2 amide bonds. The lowest BCUT2D eigenvalue weighted by atomic mass is 9.64. The summed E-state index contributed by atoms with van der Waals surface area (Å²) in [4.78, 5) is 39.8. The molecular formula is C21H27FN2O4. The number of nitrogens with zero attached hydrogens (tertiary/aromatic N) is 2. The summed E-state index contributed by atoms with van der Waals surface area (Å²) in [6.45, 7) is 0.806. The molecule has 1 saturated carbocycles. The van der Waals surface area contributed by atoms with Crippen LogP contribution in [0.5, 0.6) is 0 Å². The van der Waals surface area contributed by atoms with E-state index >= 15 is 0 Å². The number of likely N-dealkylation sites (N-methyl/N-ethyl adjacent to an activating group) is 1. The molecule has 1 aromatic rings. The van der Waals surface area contributed by atoms with Crippen molar-refractivity contribution in [3.05, 3.63) is 35.6 Å². The van der Waals surface area contributed by atoms with Crippen molar-refractivity contribution in [2.24, 2.45) is 11.3 Å². The van der Waals surface area contributed by atoms with Crippen LogP contribution in [0.25, 0.3) is 0 Å². The van der Waals surface area contributed by atoms with E-state index in [2.05, 4.69) is 0 Å². The van der Waals surface area contributed by atoms with Gasteiger partial charge in [0.15, 0.2) is 0 Å². The van der Waals surface area contributed by atoms with Crippen LogP contribution in [0.4, 0.5) is 4.39 Å². The molecule has 0 aromatic heterocycles. The molecular weight excluding hydrogens is 363 g/mol. The van der Waals surface area contributed by atoms with E-state index in [4.69, 9.17) is 5.11 Å². The predicted molar refractivity (Wildman–Crippen MR) is 101 cm³/mol. The van der Waals surface area contributed by atoms with Gasteiger partial charge in [0.25, 0.3) is 0 Å². The second-order valence-corrected chi connectivity index (χ2v) is 8.10. The van der Waals surface area contributed by atoms with Crippen molar-refractivity contribution in [2.45, 2.75) is 38.5 Å². The Hall–Kier alpha value is -2.44. The van der Waals surface area contributed by atoms with E-state index in [0.717, 1.165) is 24.8 Å². The summed E-state index contributed by atoms with van der Waals surface area (Å²) in [5.41, 5.74) is 0.239. The molecule has 6 nitrogen and oxygen atoms in total. The Bertz CT molecular complexity index is 755. The van der Waals surface area contributed by atoms with Crippen LogP contribution in [0.3, 0.4) is 0 Å². The third-order valence-electron chi connectivity index (χ3n) is 6.11. The summed E-state index contributed by atoms with van der Waals surface area (Å²) in [5, 5.41) is 9.06. The number of piperidine rings is 1. The van der Waals surface area contributed by atoms with Gasteiger partial charge >= 0.3 is 5.97 Å². The average Bonchev–Trinajstić information content (AvgIpc) is 2.64. The summed E-state index contributed by atoms with van der Waals surface area (Å²) in [6.07, 6.45) is 3.80. The summed E-state index contributed by atoms with van der Waals surface area (Å²) < 4.78 is 13.5. The third kappa shape index (κ3) is 4.34. The minimum absolute atomic E-state index is 0.0124. The lowest BCUT2D eigenvalue weighted by molar-refractivity contribution is -0.151. The molecule has 1 N–H and O–H groups in total. The van der Waals surface area contributed by atoms with E-state index in [1.807, 2.05) is 6.07 Å². The maximum atomic E-state index is 13.5. The molecule has 0 atom stereocenters. The average molecular weight is 390 g/mol. The molecule has 2 fully saturated rings. The van der Waals surface area contributed by atoms with Crippen LogP contribution in [0.2, 0.25) is 0 Å². The number of carboxylic acids is 1. The second kappa shape index (κ2) is 8.29. The Morgan fingerprint density at radius 1 is 1.25 bits per heavy atom. The largest absolute Gasteiger partial charge is 0.481 e. The molecule has 1 heterocycles. The molecule has 0 unspecified atom stereocenters. The fourth-order valence-electron chi connectivity index (χ4n) is 4.26. The Morgan fingerprint density at radius 2 is 1.93 bits per heavy atom. The monoisotopic (exact) mass is 390 g/mol. The van der Waals surface area contributed by atoms with Crippen LogP contribution in [0, 0.1) is 17.2 Å². The summed E-state index contributed by atoms with van der Waals surface area (Å²) in [6, 6.07) is 6.33. The number of rotatable bonds is 6. The molecule has 1 aliphatic carbocycles. The highest BCUT2D eigenvalue weighted by atomic mass is 19.1. The zero-order valence-electron chi connectivity index (χ0n) is 16.2. The number of likely N-dealkylation sites (tertiary alicyclic amines) is 1. The van der Waals surface area contributed by atoms with Gasteiger partial charge in [-0.05, 0) is 49.8 Å². The van der Waals surface area contributed by atoms with Crippen molar-refractivity contribution in [3.63, 3.8) is 0 Å². The Balaban J connectivity index is 1.58. The molecule has 1 saturated heterocycles. The van der Waals surface area contributed by atoms with Gasteiger partial charge < -0.3 is 14.9 Å². The Kier molecular flexibility index (Phi) is 6.01. The van der Waals surface area contributed by atoms with Gasteiger partial charge in [0.05, 0.1) is 17.9 Å². The molecule has 0 radical (unpaired) electrons. The normalized spacial score (nSPS) is 19.0. The topological polar surface area (TPSA) is 77.9 Å². The van der Waals surface area contributed by atoms with Crippen molar-refractivity contribution >= 4 is 17.8 Å². The van der Waals surface area contributed by atoms with Crippen LogP contribution in [-0.4, -0.2) is 59.4 Å². The molecule has 1 aromatic carbocycles. The third-order valence-corrected chi connectivity index (χ3v) is 6.11. The molecule has 2 aliphatic rings. The van der Waals surface area contributed by atoms with Gasteiger partial charge in [-0.1, -0.05) is 18.6 Å². The highest BCUT2D eigenvalue weighted by Crippen LogP contribution is 2.45. The van der Waals surface area contributed by atoms with Gasteiger partial charge in [-0.2, -0.15) is 0 Å². The standard InChI is InChI=1S/C21H27FN2O4/c1-23(14-18(25)24-10-6-16(7-11-24)19(26)27)20(28)21(8-3-9-21)13-15-4-2-5-17(22)12-15/h2,4-5,12,16H,3,6-11,13-14H2,1H3,(H,26,27). The molecule has 152 valence electrons. The van der Waals surface area contributed by atoms with Gasteiger partial charge in [0, 0.05) is 20.1 Å². The zero-order valence-corrected chi connectivity index (χ0v) is 16.2. The van der Waals surface area contributed by atoms with Crippen LogP contribution < -0.4 is 0 Å². The van der Waals surface area contributed by atoms with Gasteiger partial charge in [-0.15, -0.1) is 0 Å². The van der Waals surface area contributed by atoms with Gasteiger partial charge in [0.2, 0.25) is 11.8 Å². The van der Waals surface area contributed by atoms with Crippen molar-refractivity contribution in [3.8, 4) is 0 Å². The van der Waals surface area contributed by atoms with Crippen molar-refractivity contribution in [1.82, 2.24) is 9.80 Å². The second-order valence-electron chi connectivity index (χ2n) is 8.10. The molecule has 0 bridgehead atoms. The van der Waals surface area contributed by atoms with E-state index in [0.29, 0.717) is 32.4 Å². The number of halogens is 1. The molecule has 3 rings (SSSR count). The van der Waals surface area contributed by atoms with Gasteiger partial charge in [-0.3, -0.25) is 14.4 Å².